The van der Waals surface area contributed by atoms with Crippen molar-refractivity contribution in [2.45, 2.75) is 12.8 Å². The molecule has 0 unspecified atom stereocenters. The van der Waals surface area contributed by atoms with Gasteiger partial charge in [0.1, 0.15) is 0 Å². The van der Waals surface area contributed by atoms with E-state index in [1.165, 1.54) is 0 Å². The second-order valence-corrected chi connectivity index (χ2v) is 3.31. The van der Waals surface area contributed by atoms with Crippen molar-refractivity contribution in [3.8, 4) is 0 Å². The molecule has 0 N–H and O–H groups in total. The van der Waals surface area contributed by atoms with Gasteiger partial charge in [-0.05, 0) is 30.5 Å². The fourth-order valence-corrected chi connectivity index (χ4v) is 1.60. The second-order valence-electron chi connectivity index (χ2n) is 2.49. The van der Waals surface area contributed by atoms with Gasteiger partial charge in [0.2, 0.25) is 0 Å². The van der Waals surface area contributed by atoms with Crippen LogP contribution in [0.5, 0.6) is 0 Å². The Balaban J connectivity index is 2.81. The van der Waals surface area contributed by atoms with Crippen molar-refractivity contribution in [1.29, 1.82) is 0 Å². The van der Waals surface area contributed by atoms with E-state index >= 15 is 0 Å². The molecule has 0 spiro atoms. The Morgan fingerprint density at radius 2 is 1.75 bits per heavy atom. The van der Waals surface area contributed by atoms with Crippen LogP contribution in [0, 0.1) is 0 Å². The molecular weight excluding hydrogens is 198 g/mol. The fourth-order valence-electron chi connectivity index (χ4n) is 1.01. The SMILES string of the molecule is FCCCc1c(Cl)cccc1Cl. The number of rotatable bonds is 3. The van der Waals surface area contributed by atoms with E-state index in [0.29, 0.717) is 22.9 Å². The molecular formula is C9H9Cl2F. The molecule has 0 bridgehead atoms. The Morgan fingerprint density at radius 3 is 2.25 bits per heavy atom. The molecule has 0 aliphatic rings. The molecule has 0 amide bonds. The highest BCUT2D eigenvalue weighted by Crippen LogP contribution is 2.25. The molecule has 0 aliphatic carbocycles. The first-order valence-electron chi connectivity index (χ1n) is 3.74. The average molecular weight is 207 g/mol. The number of alkyl halides is 1. The van der Waals surface area contributed by atoms with Crippen LogP contribution >= 0.6 is 23.2 Å². The maximum absolute atomic E-state index is 11.9. The molecule has 0 nitrogen and oxygen atoms in total. The van der Waals surface area contributed by atoms with E-state index in [0.717, 1.165) is 5.56 Å². The molecule has 3 heteroatoms. The summed E-state index contributed by atoms with van der Waals surface area (Å²) in [7, 11) is 0. The third-order valence-corrected chi connectivity index (χ3v) is 2.33. The Hall–Kier alpha value is -0.270. The van der Waals surface area contributed by atoms with Gasteiger partial charge in [0.25, 0.3) is 0 Å². The molecule has 0 fully saturated rings. The molecule has 0 radical (unpaired) electrons. The van der Waals surface area contributed by atoms with E-state index in [2.05, 4.69) is 0 Å². The van der Waals surface area contributed by atoms with Crippen molar-refractivity contribution in [2.24, 2.45) is 0 Å². The van der Waals surface area contributed by atoms with Crippen LogP contribution in [-0.2, 0) is 6.42 Å². The van der Waals surface area contributed by atoms with Gasteiger partial charge in [0.15, 0.2) is 0 Å². The molecule has 66 valence electrons. The van der Waals surface area contributed by atoms with Gasteiger partial charge >= 0.3 is 0 Å². The van der Waals surface area contributed by atoms with Gasteiger partial charge in [0, 0.05) is 10.0 Å². The summed E-state index contributed by atoms with van der Waals surface area (Å²) >= 11 is 11.7. The highest BCUT2D eigenvalue weighted by molar-refractivity contribution is 6.35. The van der Waals surface area contributed by atoms with Crippen molar-refractivity contribution < 1.29 is 4.39 Å². The van der Waals surface area contributed by atoms with Crippen molar-refractivity contribution in [2.75, 3.05) is 6.67 Å². The van der Waals surface area contributed by atoms with Crippen molar-refractivity contribution in [3.05, 3.63) is 33.8 Å². The molecule has 1 aromatic carbocycles. The summed E-state index contributed by atoms with van der Waals surface area (Å²) < 4.78 is 11.9. The summed E-state index contributed by atoms with van der Waals surface area (Å²) in [5.41, 5.74) is 0.846. The van der Waals surface area contributed by atoms with E-state index in [9.17, 15) is 4.39 Å². The Morgan fingerprint density at radius 1 is 1.17 bits per heavy atom. The molecule has 0 atom stereocenters. The third-order valence-electron chi connectivity index (χ3n) is 1.62. The largest absolute Gasteiger partial charge is 0.251 e. The van der Waals surface area contributed by atoms with Crippen LogP contribution in [-0.4, -0.2) is 6.67 Å². The van der Waals surface area contributed by atoms with Gasteiger partial charge < -0.3 is 0 Å². The molecule has 0 aromatic heterocycles. The first kappa shape index (κ1) is 9.82. The first-order valence-corrected chi connectivity index (χ1v) is 4.50. The molecule has 0 aliphatic heterocycles. The number of benzene rings is 1. The minimum atomic E-state index is -0.332. The van der Waals surface area contributed by atoms with Crippen molar-refractivity contribution >= 4 is 23.2 Å². The van der Waals surface area contributed by atoms with E-state index in [-0.39, 0.29) is 6.67 Å². The zero-order chi connectivity index (χ0) is 8.97. The van der Waals surface area contributed by atoms with Crippen LogP contribution in [0.3, 0.4) is 0 Å². The first-order chi connectivity index (χ1) is 5.75. The quantitative estimate of drug-likeness (QED) is 0.705. The van der Waals surface area contributed by atoms with E-state index in [1.807, 2.05) is 0 Å². The third kappa shape index (κ3) is 2.36. The molecule has 0 saturated carbocycles. The lowest BCUT2D eigenvalue weighted by molar-refractivity contribution is 0.473. The molecule has 0 saturated heterocycles. The minimum Gasteiger partial charge on any atom is -0.251 e. The molecule has 1 aromatic rings. The summed E-state index contributed by atoms with van der Waals surface area (Å²) in [5, 5.41) is 1.24. The average Bonchev–Trinajstić information content (AvgIpc) is 2.04. The minimum absolute atomic E-state index is 0.332. The standard InChI is InChI=1S/C9H9Cl2F/c10-8-4-1-5-9(11)7(8)3-2-6-12/h1,4-5H,2-3,6H2. The van der Waals surface area contributed by atoms with Gasteiger partial charge in [-0.1, -0.05) is 29.3 Å². The maximum Gasteiger partial charge on any atom is 0.0897 e. The Bertz CT molecular complexity index is 240. The lowest BCUT2D eigenvalue weighted by atomic mass is 10.1. The normalized spacial score (nSPS) is 10.2. The fraction of sp³-hybridized carbons (Fsp3) is 0.333. The second kappa shape index (κ2) is 4.68. The van der Waals surface area contributed by atoms with Gasteiger partial charge in [0.05, 0.1) is 6.67 Å². The zero-order valence-corrected chi connectivity index (χ0v) is 8.00. The van der Waals surface area contributed by atoms with Crippen LogP contribution < -0.4 is 0 Å². The highest BCUT2D eigenvalue weighted by atomic mass is 35.5. The van der Waals surface area contributed by atoms with Crippen LogP contribution in [0.2, 0.25) is 10.0 Å². The molecule has 0 heterocycles. The molecule has 12 heavy (non-hydrogen) atoms. The van der Waals surface area contributed by atoms with Crippen LogP contribution in [0.15, 0.2) is 18.2 Å². The topological polar surface area (TPSA) is 0 Å². The predicted octanol–water partition coefficient (Wildman–Crippen LogP) is 3.90. The van der Waals surface area contributed by atoms with Crippen molar-refractivity contribution in [3.63, 3.8) is 0 Å². The molecule has 1 rings (SSSR count). The van der Waals surface area contributed by atoms with E-state index in [4.69, 9.17) is 23.2 Å². The lowest BCUT2D eigenvalue weighted by Crippen LogP contribution is -1.89. The monoisotopic (exact) mass is 206 g/mol. The summed E-state index contributed by atoms with van der Waals surface area (Å²) in [6.45, 7) is -0.332. The van der Waals surface area contributed by atoms with E-state index < -0.39 is 0 Å². The zero-order valence-electron chi connectivity index (χ0n) is 6.49. The van der Waals surface area contributed by atoms with Gasteiger partial charge in [-0.2, -0.15) is 0 Å². The Labute approximate surface area is 81.3 Å². The number of hydrogen-bond acceptors (Lipinski definition) is 0. The summed E-state index contributed by atoms with van der Waals surface area (Å²) in [6, 6.07) is 5.31. The van der Waals surface area contributed by atoms with Crippen LogP contribution in [0.4, 0.5) is 4.39 Å². The maximum atomic E-state index is 11.9. The highest BCUT2D eigenvalue weighted by Gasteiger charge is 2.03. The van der Waals surface area contributed by atoms with Gasteiger partial charge in [-0.15, -0.1) is 0 Å². The van der Waals surface area contributed by atoms with Gasteiger partial charge in [-0.3, -0.25) is 4.39 Å². The number of halogens is 3. The lowest BCUT2D eigenvalue weighted by Gasteiger charge is -2.04. The Kier molecular flexibility index (Phi) is 3.83. The predicted molar refractivity (Wildman–Crippen MR) is 50.8 cm³/mol. The smallest absolute Gasteiger partial charge is 0.0897 e. The summed E-state index contributed by atoms with van der Waals surface area (Å²) in [5.74, 6) is 0. The van der Waals surface area contributed by atoms with Crippen LogP contribution in [0.1, 0.15) is 12.0 Å². The van der Waals surface area contributed by atoms with Crippen LogP contribution in [0.25, 0.3) is 0 Å². The van der Waals surface area contributed by atoms with Crippen molar-refractivity contribution in [1.82, 2.24) is 0 Å². The number of hydrogen-bond donors (Lipinski definition) is 0. The summed E-state index contributed by atoms with van der Waals surface area (Å²) in [4.78, 5) is 0. The summed E-state index contributed by atoms with van der Waals surface area (Å²) in [6.07, 6.45) is 1.08. The van der Waals surface area contributed by atoms with Gasteiger partial charge in [-0.25, -0.2) is 0 Å². The van der Waals surface area contributed by atoms with E-state index in [1.54, 1.807) is 18.2 Å².